The molecule has 0 heterocycles. The van der Waals surface area contributed by atoms with Gasteiger partial charge in [-0.15, -0.1) is 0 Å². The lowest BCUT2D eigenvalue weighted by Gasteiger charge is -2.32. The van der Waals surface area contributed by atoms with Gasteiger partial charge in [0.05, 0.1) is 0 Å². The molecular weight excluding hydrogens is 271 g/mol. The third-order valence-electron chi connectivity index (χ3n) is 5.05. The minimum Gasteiger partial charge on any atom is -0.206 e. The Balaban J connectivity index is 1.70. The molecule has 0 aromatic heterocycles. The number of allylic oxidation sites excluding steroid dienone is 2. The van der Waals surface area contributed by atoms with E-state index in [2.05, 4.69) is 6.08 Å². The lowest BCUT2D eigenvalue weighted by molar-refractivity contribution is 0.235. The van der Waals surface area contributed by atoms with E-state index in [9.17, 15) is 4.39 Å². The fourth-order valence-electron chi connectivity index (χ4n) is 3.88. The maximum atomic E-state index is 14.0. The molecule has 0 radical (unpaired) electrons. The zero-order valence-corrected chi connectivity index (χ0v) is 12.6. The summed E-state index contributed by atoms with van der Waals surface area (Å²) in [4.78, 5) is 0. The second-order valence-corrected chi connectivity index (χ2v) is 6.72. The van der Waals surface area contributed by atoms with Crippen molar-refractivity contribution in [2.24, 2.45) is 11.8 Å². The third kappa shape index (κ3) is 3.09. The zero-order valence-electron chi connectivity index (χ0n) is 11.9. The molecule has 0 N–H and O–H groups in total. The summed E-state index contributed by atoms with van der Waals surface area (Å²) < 4.78 is 14.0. The quantitative estimate of drug-likeness (QED) is 0.605. The molecule has 2 aliphatic rings. The van der Waals surface area contributed by atoms with Gasteiger partial charge in [0, 0.05) is 10.6 Å². The van der Waals surface area contributed by atoms with Crippen LogP contribution in [-0.2, 0) is 0 Å². The van der Waals surface area contributed by atoms with Gasteiger partial charge in [0.25, 0.3) is 0 Å². The second-order valence-electron chi connectivity index (χ2n) is 6.29. The average Bonchev–Trinajstić information content (AvgIpc) is 2.48. The normalized spacial score (nSPS) is 24.5. The smallest absolute Gasteiger partial charge is 0.132 e. The summed E-state index contributed by atoms with van der Waals surface area (Å²) in [7, 11) is 0. The van der Waals surface area contributed by atoms with Gasteiger partial charge in [-0.3, -0.25) is 0 Å². The number of rotatable bonds is 2. The Labute approximate surface area is 126 Å². The highest BCUT2D eigenvalue weighted by Crippen LogP contribution is 2.40. The van der Waals surface area contributed by atoms with E-state index in [1.165, 1.54) is 50.2 Å². The molecule has 3 rings (SSSR count). The molecule has 0 nitrogen and oxygen atoms in total. The minimum absolute atomic E-state index is 0.181. The van der Waals surface area contributed by atoms with Crippen LogP contribution in [0.1, 0.15) is 56.9 Å². The SMILES string of the molecule is Fc1cc(Cl)ccc1C1=CCC(C2CCCCC2)CC1. The molecule has 1 aromatic rings. The Kier molecular flexibility index (Phi) is 4.45. The summed E-state index contributed by atoms with van der Waals surface area (Å²) in [5.41, 5.74) is 1.92. The molecule has 0 amide bonds. The molecule has 1 fully saturated rings. The molecule has 1 atom stereocenters. The molecule has 0 spiro atoms. The van der Waals surface area contributed by atoms with Gasteiger partial charge in [-0.05, 0) is 48.8 Å². The Morgan fingerprint density at radius 3 is 2.45 bits per heavy atom. The van der Waals surface area contributed by atoms with Crippen LogP contribution in [-0.4, -0.2) is 0 Å². The summed E-state index contributed by atoms with van der Waals surface area (Å²) in [6.07, 6.45) is 12.7. The summed E-state index contributed by atoms with van der Waals surface area (Å²) in [5, 5.41) is 0.475. The van der Waals surface area contributed by atoms with E-state index in [1.807, 2.05) is 6.07 Å². The standard InChI is InChI=1S/C18H22ClF/c19-16-10-11-17(18(20)12-16)15-8-6-14(7-9-15)13-4-2-1-3-5-13/h8,10-14H,1-7,9H2. The Morgan fingerprint density at radius 2 is 1.80 bits per heavy atom. The van der Waals surface area contributed by atoms with E-state index in [1.54, 1.807) is 6.07 Å². The first-order chi connectivity index (χ1) is 9.74. The first kappa shape index (κ1) is 14.1. The van der Waals surface area contributed by atoms with E-state index in [-0.39, 0.29) is 5.82 Å². The van der Waals surface area contributed by atoms with Crippen LogP contribution >= 0.6 is 11.6 Å². The predicted molar refractivity (Wildman–Crippen MR) is 83.3 cm³/mol. The van der Waals surface area contributed by atoms with Crippen LogP contribution in [0.25, 0.3) is 5.57 Å². The van der Waals surface area contributed by atoms with Gasteiger partial charge in [-0.25, -0.2) is 4.39 Å². The highest BCUT2D eigenvalue weighted by atomic mass is 35.5. The highest BCUT2D eigenvalue weighted by molar-refractivity contribution is 6.30. The molecule has 1 aromatic carbocycles. The van der Waals surface area contributed by atoms with E-state index >= 15 is 0 Å². The molecular formula is C18H22ClF. The summed E-state index contributed by atoms with van der Waals surface area (Å²) >= 11 is 5.82. The van der Waals surface area contributed by atoms with Crippen LogP contribution in [0.4, 0.5) is 4.39 Å². The van der Waals surface area contributed by atoms with Crippen LogP contribution in [0.2, 0.25) is 5.02 Å². The van der Waals surface area contributed by atoms with Crippen LogP contribution in [0.3, 0.4) is 0 Å². The molecule has 1 saturated carbocycles. The fraction of sp³-hybridized carbons (Fsp3) is 0.556. The van der Waals surface area contributed by atoms with E-state index in [0.29, 0.717) is 5.02 Å². The zero-order chi connectivity index (χ0) is 13.9. The van der Waals surface area contributed by atoms with Gasteiger partial charge in [-0.2, -0.15) is 0 Å². The number of benzene rings is 1. The van der Waals surface area contributed by atoms with E-state index in [0.717, 1.165) is 30.2 Å². The Bertz CT molecular complexity index is 500. The summed E-state index contributed by atoms with van der Waals surface area (Å²) in [6, 6.07) is 5.03. The van der Waals surface area contributed by atoms with Crippen molar-refractivity contribution in [3.05, 3.63) is 40.7 Å². The van der Waals surface area contributed by atoms with Crippen molar-refractivity contribution in [2.75, 3.05) is 0 Å². The topological polar surface area (TPSA) is 0 Å². The van der Waals surface area contributed by atoms with Gasteiger partial charge in [0.1, 0.15) is 5.82 Å². The fourth-order valence-corrected chi connectivity index (χ4v) is 4.04. The minimum atomic E-state index is -0.181. The van der Waals surface area contributed by atoms with Crippen LogP contribution in [0.15, 0.2) is 24.3 Å². The Hall–Kier alpha value is -0.820. The van der Waals surface area contributed by atoms with Crippen LogP contribution < -0.4 is 0 Å². The van der Waals surface area contributed by atoms with Gasteiger partial charge >= 0.3 is 0 Å². The Morgan fingerprint density at radius 1 is 1.00 bits per heavy atom. The van der Waals surface area contributed by atoms with Crippen LogP contribution in [0.5, 0.6) is 0 Å². The van der Waals surface area contributed by atoms with E-state index in [4.69, 9.17) is 11.6 Å². The van der Waals surface area contributed by atoms with Crippen molar-refractivity contribution in [2.45, 2.75) is 51.4 Å². The van der Waals surface area contributed by atoms with Gasteiger partial charge in [-0.1, -0.05) is 55.8 Å². The molecule has 108 valence electrons. The second kappa shape index (κ2) is 6.30. The molecule has 0 bridgehead atoms. The van der Waals surface area contributed by atoms with Crippen molar-refractivity contribution in [3.8, 4) is 0 Å². The number of hydrogen-bond donors (Lipinski definition) is 0. The lowest BCUT2D eigenvalue weighted by Crippen LogP contribution is -2.19. The van der Waals surface area contributed by atoms with Crippen molar-refractivity contribution < 1.29 is 4.39 Å². The maximum absolute atomic E-state index is 14.0. The molecule has 20 heavy (non-hydrogen) atoms. The van der Waals surface area contributed by atoms with Crippen molar-refractivity contribution in [3.63, 3.8) is 0 Å². The first-order valence-corrected chi connectivity index (χ1v) is 8.26. The molecule has 2 heteroatoms. The largest absolute Gasteiger partial charge is 0.206 e. The van der Waals surface area contributed by atoms with Gasteiger partial charge < -0.3 is 0 Å². The highest BCUT2D eigenvalue weighted by Gasteiger charge is 2.26. The third-order valence-corrected chi connectivity index (χ3v) is 5.28. The van der Waals surface area contributed by atoms with E-state index < -0.39 is 0 Å². The first-order valence-electron chi connectivity index (χ1n) is 7.88. The average molecular weight is 293 g/mol. The van der Waals surface area contributed by atoms with Crippen molar-refractivity contribution in [1.29, 1.82) is 0 Å². The summed E-state index contributed by atoms with van der Waals surface area (Å²) in [6.45, 7) is 0. The molecule has 0 aliphatic heterocycles. The maximum Gasteiger partial charge on any atom is 0.132 e. The van der Waals surface area contributed by atoms with Crippen molar-refractivity contribution in [1.82, 2.24) is 0 Å². The molecule has 1 unspecified atom stereocenters. The number of halogens is 2. The molecule has 2 aliphatic carbocycles. The number of hydrogen-bond acceptors (Lipinski definition) is 0. The predicted octanol–water partition coefficient (Wildman–Crippen LogP) is 6.24. The lowest BCUT2D eigenvalue weighted by atomic mass is 9.73. The molecule has 0 saturated heterocycles. The summed E-state index contributed by atoms with van der Waals surface area (Å²) in [5.74, 6) is 1.56. The van der Waals surface area contributed by atoms with Gasteiger partial charge in [0.2, 0.25) is 0 Å². The van der Waals surface area contributed by atoms with Crippen molar-refractivity contribution >= 4 is 17.2 Å². The van der Waals surface area contributed by atoms with Crippen LogP contribution in [0, 0.1) is 17.7 Å². The van der Waals surface area contributed by atoms with Gasteiger partial charge in [0.15, 0.2) is 0 Å². The monoisotopic (exact) mass is 292 g/mol.